The van der Waals surface area contributed by atoms with E-state index in [4.69, 9.17) is 5.73 Å². The highest BCUT2D eigenvalue weighted by molar-refractivity contribution is 6.03. The predicted octanol–water partition coefficient (Wildman–Crippen LogP) is 1.90. The van der Waals surface area contributed by atoms with Crippen LogP contribution in [0.2, 0.25) is 0 Å². The van der Waals surface area contributed by atoms with Crippen molar-refractivity contribution in [2.75, 3.05) is 11.1 Å². The van der Waals surface area contributed by atoms with Crippen molar-refractivity contribution in [3.05, 3.63) is 35.7 Å². The zero-order valence-corrected chi connectivity index (χ0v) is 10.6. The van der Waals surface area contributed by atoms with Crippen molar-refractivity contribution < 1.29 is 9.18 Å². The molecule has 0 aliphatic carbocycles. The molecule has 1 aromatic heterocycles. The van der Waals surface area contributed by atoms with Crippen LogP contribution in [0.4, 0.5) is 15.8 Å². The second-order valence-electron chi connectivity index (χ2n) is 4.38. The quantitative estimate of drug-likeness (QED) is 0.737. The summed E-state index contributed by atoms with van der Waals surface area (Å²) in [4.78, 5) is 15.9. The number of hydrogen-bond donors (Lipinski definition) is 3. The minimum absolute atomic E-state index is 0.00707. The third-order valence-electron chi connectivity index (χ3n) is 2.52. The number of nitrogens with two attached hydrogens (primary N) is 1. The van der Waals surface area contributed by atoms with Gasteiger partial charge in [-0.2, -0.15) is 0 Å². The van der Waals surface area contributed by atoms with E-state index in [1.165, 1.54) is 12.1 Å². The molecule has 100 valence electrons. The monoisotopic (exact) mass is 263 g/mol. The Morgan fingerprint density at radius 2 is 2.21 bits per heavy atom. The molecule has 7 heteroatoms. The average Bonchev–Trinajstić information content (AvgIpc) is 2.83. The van der Waals surface area contributed by atoms with E-state index in [-0.39, 0.29) is 23.1 Å². The van der Waals surface area contributed by atoms with Gasteiger partial charge in [-0.1, -0.05) is 13.8 Å². The van der Waals surface area contributed by atoms with Crippen LogP contribution in [0.1, 0.15) is 36.2 Å². The van der Waals surface area contributed by atoms with E-state index >= 15 is 0 Å². The molecule has 0 saturated carbocycles. The van der Waals surface area contributed by atoms with Crippen LogP contribution in [0, 0.1) is 5.82 Å². The van der Waals surface area contributed by atoms with Crippen molar-refractivity contribution in [2.45, 2.75) is 19.8 Å². The number of carbonyl (C=O) groups is 1. The van der Waals surface area contributed by atoms with Crippen LogP contribution in [0.3, 0.4) is 0 Å². The summed E-state index contributed by atoms with van der Waals surface area (Å²) in [5.74, 6) is -0.291. The molecule has 0 aliphatic heterocycles. The Hall–Kier alpha value is -2.44. The highest BCUT2D eigenvalue weighted by atomic mass is 19.1. The molecule has 4 N–H and O–H groups in total. The Morgan fingerprint density at radius 1 is 1.47 bits per heavy atom. The molecule has 2 rings (SSSR count). The minimum Gasteiger partial charge on any atom is -0.397 e. The summed E-state index contributed by atoms with van der Waals surface area (Å²) in [5, 5.41) is 8.94. The molecule has 0 fully saturated rings. The first-order chi connectivity index (χ1) is 8.97. The molecule has 0 atom stereocenters. The maximum Gasteiger partial charge on any atom is 0.295 e. The maximum atomic E-state index is 13.1. The molecular weight excluding hydrogens is 249 g/mol. The van der Waals surface area contributed by atoms with Crippen LogP contribution in [0.15, 0.2) is 18.2 Å². The SMILES string of the molecule is CC(C)c1nc(C(=O)Nc2cc(F)ccc2N)n[nH]1. The highest BCUT2D eigenvalue weighted by Crippen LogP contribution is 2.19. The predicted molar refractivity (Wildman–Crippen MR) is 69.2 cm³/mol. The first-order valence-electron chi connectivity index (χ1n) is 5.76. The summed E-state index contributed by atoms with van der Waals surface area (Å²) in [7, 11) is 0. The van der Waals surface area contributed by atoms with Gasteiger partial charge in [-0.15, -0.1) is 5.10 Å². The molecule has 0 unspecified atom stereocenters. The number of aromatic amines is 1. The molecule has 2 aromatic rings. The number of benzene rings is 1. The van der Waals surface area contributed by atoms with Gasteiger partial charge in [-0.05, 0) is 18.2 Å². The van der Waals surface area contributed by atoms with E-state index in [1.807, 2.05) is 13.8 Å². The number of nitrogens with zero attached hydrogens (tertiary/aromatic N) is 2. The van der Waals surface area contributed by atoms with Crippen molar-refractivity contribution in [3.8, 4) is 0 Å². The topological polar surface area (TPSA) is 96.7 Å². The summed E-state index contributed by atoms with van der Waals surface area (Å²) in [6.45, 7) is 3.85. The number of hydrogen-bond acceptors (Lipinski definition) is 4. The average molecular weight is 263 g/mol. The van der Waals surface area contributed by atoms with E-state index in [0.717, 1.165) is 6.07 Å². The summed E-state index contributed by atoms with van der Waals surface area (Å²) in [5.41, 5.74) is 6.11. The van der Waals surface area contributed by atoms with Gasteiger partial charge >= 0.3 is 0 Å². The Bertz CT molecular complexity index is 608. The van der Waals surface area contributed by atoms with Gasteiger partial charge in [0, 0.05) is 5.92 Å². The minimum atomic E-state index is -0.541. The largest absolute Gasteiger partial charge is 0.397 e. The fraction of sp³-hybridized carbons (Fsp3) is 0.250. The van der Waals surface area contributed by atoms with E-state index in [0.29, 0.717) is 5.82 Å². The number of amides is 1. The molecule has 0 radical (unpaired) electrons. The molecule has 0 aliphatic rings. The highest BCUT2D eigenvalue weighted by Gasteiger charge is 2.15. The van der Waals surface area contributed by atoms with E-state index in [9.17, 15) is 9.18 Å². The van der Waals surface area contributed by atoms with Crippen molar-refractivity contribution in [1.29, 1.82) is 0 Å². The van der Waals surface area contributed by atoms with Gasteiger partial charge in [0.05, 0.1) is 11.4 Å². The van der Waals surface area contributed by atoms with Crippen molar-refractivity contribution >= 4 is 17.3 Å². The first-order valence-corrected chi connectivity index (χ1v) is 5.76. The third kappa shape index (κ3) is 2.87. The normalized spacial score (nSPS) is 10.7. The zero-order valence-electron chi connectivity index (χ0n) is 10.6. The molecule has 6 nitrogen and oxygen atoms in total. The van der Waals surface area contributed by atoms with Crippen molar-refractivity contribution in [3.63, 3.8) is 0 Å². The van der Waals surface area contributed by atoms with Gasteiger partial charge in [-0.25, -0.2) is 9.37 Å². The molecule has 0 bridgehead atoms. The number of H-pyrrole nitrogens is 1. The van der Waals surface area contributed by atoms with Crippen molar-refractivity contribution in [2.24, 2.45) is 0 Å². The molecule has 1 aromatic carbocycles. The number of nitrogens with one attached hydrogen (secondary N) is 2. The van der Waals surface area contributed by atoms with E-state index in [2.05, 4.69) is 20.5 Å². The zero-order chi connectivity index (χ0) is 14.0. The summed E-state index contributed by atoms with van der Waals surface area (Å²) in [6, 6.07) is 3.74. The fourth-order valence-corrected chi connectivity index (χ4v) is 1.45. The summed E-state index contributed by atoms with van der Waals surface area (Å²) >= 11 is 0. The molecule has 1 heterocycles. The molecule has 0 saturated heterocycles. The fourth-order valence-electron chi connectivity index (χ4n) is 1.45. The standard InChI is InChI=1S/C12H14FN5O/c1-6(2)10-16-11(18-17-10)12(19)15-9-5-7(13)3-4-8(9)14/h3-6H,14H2,1-2H3,(H,15,19)(H,16,17,18). The van der Waals surface area contributed by atoms with Crippen LogP contribution < -0.4 is 11.1 Å². The Morgan fingerprint density at radius 3 is 2.84 bits per heavy atom. The van der Waals surface area contributed by atoms with Gasteiger partial charge < -0.3 is 11.1 Å². The lowest BCUT2D eigenvalue weighted by Crippen LogP contribution is -2.15. The van der Waals surface area contributed by atoms with Gasteiger partial charge in [-0.3, -0.25) is 9.89 Å². The van der Waals surface area contributed by atoms with Gasteiger partial charge in [0.15, 0.2) is 0 Å². The Labute approximate surface area is 109 Å². The second-order valence-corrected chi connectivity index (χ2v) is 4.38. The lowest BCUT2D eigenvalue weighted by atomic mass is 10.2. The first kappa shape index (κ1) is 13.0. The smallest absolute Gasteiger partial charge is 0.295 e. The number of carbonyl (C=O) groups excluding carboxylic acids is 1. The van der Waals surface area contributed by atoms with Crippen LogP contribution in [-0.4, -0.2) is 21.1 Å². The lowest BCUT2D eigenvalue weighted by molar-refractivity contribution is 0.101. The van der Waals surface area contributed by atoms with Gasteiger partial charge in [0.2, 0.25) is 5.82 Å². The number of aromatic nitrogens is 3. The molecule has 19 heavy (non-hydrogen) atoms. The molecule has 0 spiro atoms. The summed E-state index contributed by atoms with van der Waals surface area (Å²) in [6.07, 6.45) is 0. The van der Waals surface area contributed by atoms with Gasteiger partial charge in [0.1, 0.15) is 11.6 Å². The number of anilines is 2. The van der Waals surface area contributed by atoms with E-state index in [1.54, 1.807) is 0 Å². The van der Waals surface area contributed by atoms with Crippen LogP contribution in [0.25, 0.3) is 0 Å². The lowest BCUT2D eigenvalue weighted by Gasteiger charge is -2.06. The van der Waals surface area contributed by atoms with Crippen LogP contribution >= 0.6 is 0 Å². The molecular formula is C12H14FN5O. The molecule has 1 amide bonds. The van der Waals surface area contributed by atoms with Gasteiger partial charge in [0.25, 0.3) is 5.91 Å². The maximum absolute atomic E-state index is 13.1. The number of halogens is 1. The Balaban J connectivity index is 2.18. The van der Waals surface area contributed by atoms with Crippen LogP contribution in [0.5, 0.6) is 0 Å². The number of rotatable bonds is 3. The number of nitrogen functional groups attached to an aromatic ring is 1. The van der Waals surface area contributed by atoms with Crippen LogP contribution in [-0.2, 0) is 0 Å². The van der Waals surface area contributed by atoms with E-state index < -0.39 is 11.7 Å². The second kappa shape index (κ2) is 5.05. The summed E-state index contributed by atoms with van der Waals surface area (Å²) < 4.78 is 13.1. The van der Waals surface area contributed by atoms with Crippen molar-refractivity contribution in [1.82, 2.24) is 15.2 Å². The Kier molecular flexibility index (Phi) is 3.46. The third-order valence-corrected chi connectivity index (χ3v) is 2.52.